The molecule has 0 amide bonds. The largest absolute Gasteiger partial charge is 0.356 e. The van der Waals surface area contributed by atoms with E-state index < -0.39 is 5.82 Å². The Kier molecular flexibility index (Phi) is 4.43. The molecule has 1 aromatic heterocycles. The van der Waals surface area contributed by atoms with E-state index in [4.69, 9.17) is 11.6 Å². The number of hydrogen-bond acceptors (Lipinski definition) is 4. The molecule has 1 aliphatic heterocycles. The lowest BCUT2D eigenvalue weighted by Gasteiger charge is -2.31. The van der Waals surface area contributed by atoms with Gasteiger partial charge < -0.3 is 10.2 Å². The van der Waals surface area contributed by atoms with E-state index in [-0.39, 0.29) is 5.02 Å². The third-order valence-electron chi connectivity index (χ3n) is 3.83. The lowest BCUT2D eigenvalue weighted by atomic mass is 10.0. The predicted octanol–water partition coefficient (Wildman–Crippen LogP) is 4.25. The second-order valence-corrected chi connectivity index (χ2v) is 6.12. The summed E-state index contributed by atoms with van der Waals surface area (Å²) >= 11 is 5.79. The molecule has 1 fully saturated rings. The van der Waals surface area contributed by atoms with Gasteiger partial charge in [0.15, 0.2) is 0 Å². The fourth-order valence-corrected chi connectivity index (χ4v) is 2.89. The summed E-state index contributed by atoms with van der Waals surface area (Å²) < 4.78 is 13.2. The first-order valence-corrected chi connectivity index (χ1v) is 7.78. The van der Waals surface area contributed by atoms with Gasteiger partial charge in [-0.15, -0.1) is 0 Å². The van der Waals surface area contributed by atoms with Crippen LogP contribution in [0.1, 0.15) is 19.8 Å². The van der Waals surface area contributed by atoms with Crippen LogP contribution in [0, 0.1) is 11.7 Å². The molecule has 1 unspecified atom stereocenters. The van der Waals surface area contributed by atoms with Crippen molar-refractivity contribution >= 4 is 28.9 Å². The van der Waals surface area contributed by atoms with Crippen LogP contribution in [0.5, 0.6) is 0 Å². The van der Waals surface area contributed by atoms with Crippen LogP contribution in [-0.2, 0) is 0 Å². The van der Waals surface area contributed by atoms with Crippen LogP contribution in [0.2, 0.25) is 5.02 Å². The van der Waals surface area contributed by atoms with Crippen molar-refractivity contribution in [1.29, 1.82) is 0 Å². The van der Waals surface area contributed by atoms with E-state index in [0.717, 1.165) is 18.9 Å². The fraction of sp³-hybridized carbons (Fsp3) is 0.375. The van der Waals surface area contributed by atoms with E-state index in [1.54, 1.807) is 18.5 Å². The number of nitrogens with one attached hydrogen (secondary N) is 1. The third kappa shape index (κ3) is 3.47. The van der Waals surface area contributed by atoms with E-state index in [9.17, 15) is 4.39 Å². The molecule has 1 saturated heterocycles. The van der Waals surface area contributed by atoms with Gasteiger partial charge in [-0.3, -0.25) is 0 Å². The quantitative estimate of drug-likeness (QED) is 0.918. The highest BCUT2D eigenvalue weighted by molar-refractivity contribution is 6.31. The summed E-state index contributed by atoms with van der Waals surface area (Å²) in [6.45, 7) is 4.29. The van der Waals surface area contributed by atoms with Crippen molar-refractivity contribution in [3.63, 3.8) is 0 Å². The number of halogens is 2. The second kappa shape index (κ2) is 6.48. The van der Waals surface area contributed by atoms with Crippen molar-refractivity contribution < 1.29 is 4.39 Å². The Balaban J connectivity index is 1.77. The Morgan fingerprint density at radius 1 is 1.32 bits per heavy atom. The Hall–Kier alpha value is -1.88. The maximum Gasteiger partial charge on any atom is 0.141 e. The van der Waals surface area contributed by atoms with Gasteiger partial charge in [0.1, 0.15) is 23.8 Å². The maximum atomic E-state index is 13.2. The number of nitrogens with zero attached hydrogens (tertiary/aromatic N) is 3. The van der Waals surface area contributed by atoms with Gasteiger partial charge in [-0.2, -0.15) is 0 Å². The van der Waals surface area contributed by atoms with Crippen molar-refractivity contribution in [2.45, 2.75) is 19.8 Å². The molecular weight excluding hydrogens is 303 g/mol. The van der Waals surface area contributed by atoms with Crippen molar-refractivity contribution in [2.75, 3.05) is 23.3 Å². The highest BCUT2D eigenvalue weighted by Gasteiger charge is 2.17. The topological polar surface area (TPSA) is 41.0 Å². The molecule has 0 bridgehead atoms. The Morgan fingerprint density at radius 3 is 2.95 bits per heavy atom. The molecule has 0 spiro atoms. The number of benzene rings is 1. The number of anilines is 3. The summed E-state index contributed by atoms with van der Waals surface area (Å²) in [5, 5.41) is 3.22. The predicted molar refractivity (Wildman–Crippen MR) is 87.3 cm³/mol. The minimum absolute atomic E-state index is 0.0872. The van der Waals surface area contributed by atoms with Crippen LogP contribution < -0.4 is 10.2 Å². The van der Waals surface area contributed by atoms with Gasteiger partial charge in [0, 0.05) is 24.8 Å². The Morgan fingerprint density at radius 2 is 2.18 bits per heavy atom. The van der Waals surface area contributed by atoms with Crippen molar-refractivity contribution in [3.05, 3.63) is 41.4 Å². The van der Waals surface area contributed by atoms with Crippen molar-refractivity contribution in [3.8, 4) is 0 Å². The molecule has 22 heavy (non-hydrogen) atoms. The van der Waals surface area contributed by atoms with E-state index >= 15 is 0 Å². The molecule has 1 aromatic carbocycles. The first-order valence-electron chi connectivity index (χ1n) is 7.41. The van der Waals surface area contributed by atoms with Gasteiger partial charge in [0.25, 0.3) is 0 Å². The average molecular weight is 321 g/mol. The fourth-order valence-electron chi connectivity index (χ4n) is 2.71. The number of hydrogen-bond donors (Lipinski definition) is 1. The molecule has 6 heteroatoms. The van der Waals surface area contributed by atoms with Crippen molar-refractivity contribution in [1.82, 2.24) is 9.97 Å². The van der Waals surface area contributed by atoms with Gasteiger partial charge >= 0.3 is 0 Å². The van der Waals surface area contributed by atoms with Crippen LogP contribution in [0.25, 0.3) is 0 Å². The summed E-state index contributed by atoms with van der Waals surface area (Å²) in [7, 11) is 0. The molecular formula is C16H18ClFN4. The first kappa shape index (κ1) is 15.0. The zero-order valence-corrected chi connectivity index (χ0v) is 13.1. The van der Waals surface area contributed by atoms with Gasteiger partial charge in [-0.05, 0) is 37.0 Å². The first-order chi connectivity index (χ1) is 10.6. The molecule has 2 heterocycles. The lowest BCUT2D eigenvalue weighted by Crippen LogP contribution is -2.34. The molecule has 2 aromatic rings. The van der Waals surface area contributed by atoms with Crippen LogP contribution in [0.15, 0.2) is 30.6 Å². The zero-order chi connectivity index (χ0) is 15.5. The monoisotopic (exact) mass is 320 g/mol. The van der Waals surface area contributed by atoms with Gasteiger partial charge in [0.2, 0.25) is 0 Å². The van der Waals surface area contributed by atoms with E-state index in [1.807, 2.05) is 6.07 Å². The van der Waals surface area contributed by atoms with E-state index in [1.165, 1.54) is 18.9 Å². The molecule has 0 radical (unpaired) electrons. The minimum atomic E-state index is -0.433. The molecule has 116 valence electrons. The summed E-state index contributed by atoms with van der Waals surface area (Å²) in [5.74, 6) is 1.83. The molecule has 0 aliphatic carbocycles. The number of aromatic nitrogens is 2. The number of piperidine rings is 1. The standard InChI is InChI=1S/C16H18ClFN4/c1-11-3-2-6-22(9-11)16-8-15(19-10-20-16)21-12-4-5-14(18)13(17)7-12/h4-5,7-8,10-11H,2-3,6,9H2,1H3,(H,19,20,21). The van der Waals surface area contributed by atoms with E-state index in [0.29, 0.717) is 17.4 Å². The smallest absolute Gasteiger partial charge is 0.141 e. The van der Waals surface area contributed by atoms with Gasteiger partial charge in [0.05, 0.1) is 5.02 Å². The van der Waals surface area contributed by atoms with Gasteiger partial charge in [-0.1, -0.05) is 18.5 Å². The molecule has 1 atom stereocenters. The Labute approximate surface area is 134 Å². The summed E-state index contributed by atoms with van der Waals surface area (Å²) in [6.07, 6.45) is 3.99. The highest BCUT2D eigenvalue weighted by Crippen LogP contribution is 2.25. The zero-order valence-electron chi connectivity index (χ0n) is 12.4. The van der Waals surface area contributed by atoms with Gasteiger partial charge in [-0.25, -0.2) is 14.4 Å². The SMILES string of the molecule is CC1CCCN(c2cc(Nc3ccc(F)c(Cl)c3)ncn2)C1. The second-order valence-electron chi connectivity index (χ2n) is 5.71. The lowest BCUT2D eigenvalue weighted by molar-refractivity contribution is 0.444. The maximum absolute atomic E-state index is 13.2. The molecule has 1 N–H and O–H groups in total. The molecule has 0 saturated carbocycles. The summed E-state index contributed by atoms with van der Waals surface area (Å²) in [4.78, 5) is 10.9. The van der Waals surface area contributed by atoms with Crippen LogP contribution in [0.4, 0.5) is 21.7 Å². The summed E-state index contributed by atoms with van der Waals surface area (Å²) in [5.41, 5.74) is 0.697. The van der Waals surface area contributed by atoms with Crippen LogP contribution in [0.3, 0.4) is 0 Å². The molecule has 3 rings (SSSR count). The molecule has 4 nitrogen and oxygen atoms in total. The Bertz CT molecular complexity index is 664. The van der Waals surface area contributed by atoms with E-state index in [2.05, 4.69) is 27.1 Å². The third-order valence-corrected chi connectivity index (χ3v) is 4.12. The van der Waals surface area contributed by atoms with Crippen LogP contribution >= 0.6 is 11.6 Å². The number of rotatable bonds is 3. The summed E-state index contributed by atoms with van der Waals surface area (Å²) in [6, 6.07) is 6.42. The van der Waals surface area contributed by atoms with Crippen LogP contribution in [-0.4, -0.2) is 23.1 Å². The minimum Gasteiger partial charge on any atom is -0.356 e. The van der Waals surface area contributed by atoms with Crippen molar-refractivity contribution in [2.24, 2.45) is 5.92 Å². The average Bonchev–Trinajstić information content (AvgIpc) is 2.51. The molecule has 1 aliphatic rings. The highest BCUT2D eigenvalue weighted by atomic mass is 35.5. The normalized spacial score (nSPS) is 18.3.